The molecule has 0 aliphatic carbocycles. The average Bonchev–Trinajstić information content (AvgIpc) is 1.77. The van der Waals surface area contributed by atoms with Gasteiger partial charge in [0, 0.05) is 0 Å². The van der Waals surface area contributed by atoms with E-state index >= 15 is 0 Å². The van der Waals surface area contributed by atoms with E-state index in [1.54, 1.807) is 0 Å². The molecule has 6 heteroatoms. The summed E-state index contributed by atoms with van der Waals surface area (Å²) in [5, 5.41) is 17.3. The Morgan fingerprint density at radius 1 is 0.583 bits per heavy atom. The molecule has 0 atom stereocenters. The first-order valence-electron chi connectivity index (χ1n) is 2.27. The van der Waals surface area contributed by atoms with Gasteiger partial charge in [-0.3, -0.25) is 0 Å². The van der Waals surface area contributed by atoms with Crippen LogP contribution in [0.15, 0.2) is 24.3 Å². The SMILES string of the molecule is N.N.N.N.Oc1ccc(O)cc1. The van der Waals surface area contributed by atoms with Crippen molar-refractivity contribution in [1.29, 1.82) is 0 Å². The lowest BCUT2D eigenvalue weighted by molar-refractivity contribution is 0.460. The Kier molecular flexibility index (Phi) is 18.1. The van der Waals surface area contributed by atoms with Crippen molar-refractivity contribution in [2.45, 2.75) is 0 Å². The van der Waals surface area contributed by atoms with Crippen molar-refractivity contribution in [2.24, 2.45) is 0 Å². The molecule has 0 saturated carbocycles. The molecule has 6 nitrogen and oxygen atoms in total. The Hall–Kier alpha value is -1.34. The van der Waals surface area contributed by atoms with Crippen molar-refractivity contribution in [3.8, 4) is 11.5 Å². The van der Waals surface area contributed by atoms with E-state index in [4.69, 9.17) is 10.2 Å². The van der Waals surface area contributed by atoms with Crippen LogP contribution >= 0.6 is 0 Å². The summed E-state index contributed by atoms with van der Waals surface area (Å²) in [5.74, 6) is 0.339. The van der Waals surface area contributed by atoms with Gasteiger partial charge in [0.25, 0.3) is 0 Å². The van der Waals surface area contributed by atoms with E-state index in [1.165, 1.54) is 24.3 Å². The van der Waals surface area contributed by atoms with Crippen molar-refractivity contribution >= 4 is 0 Å². The van der Waals surface area contributed by atoms with E-state index in [2.05, 4.69) is 0 Å². The lowest BCUT2D eigenvalue weighted by Gasteiger charge is -1.88. The predicted octanol–water partition coefficient (Wildman–Crippen LogP) is 1.75. The summed E-state index contributed by atoms with van der Waals surface area (Å²) in [5.41, 5.74) is 0. The molecule has 1 aromatic carbocycles. The molecule has 0 radical (unpaired) electrons. The van der Waals surface area contributed by atoms with E-state index < -0.39 is 0 Å². The number of hydrogen-bond donors (Lipinski definition) is 6. The van der Waals surface area contributed by atoms with Crippen LogP contribution < -0.4 is 24.6 Å². The van der Waals surface area contributed by atoms with Gasteiger partial charge in [-0.15, -0.1) is 0 Å². The quantitative estimate of drug-likeness (QED) is 0.329. The number of hydrogen-bond acceptors (Lipinski definition) is 6. The zero-order valence-electron chi connectivity index (χ0n) is 7.03. The Balaban J connectivity index is -0.0000000800. The lowest BCUT2D eigenvalue weighted by atomic mass is 10.3. The van der Waals surface area contributed by atoms with Crippen LogP contribution in [0, 0.1) is 0 Å². The summed E-state index contributed by atoms with van der Waals surface area (Å²) in [4.78, 5) is 0. The van der Waals surface area contributed by atoms with Crippen LogP contribution in [0.5, 0.6) is 11.5 Å². The standard InChI is InChI=1S/C6H6O2.4H3N/c7-5-1-2-6(8)4-3-5;;;;/h1-4,7-8H;4*1H3. The van der Waals surface area contributed by atoms with Crippen molar-refractivity contribution < 1.29 is 10.2 Å². The molecule has 12 heavy (non-hydrogen) atoms. The minimum absolute atomic E-state index is 0. The molecule has 14 N–H and O–H groups in total. The van der Waals surface area contributed by atoms with Crippen molar-refractivity contribution in [1.82, 2.24) is 24.6 Å². The Bertz CT molecular complexity index is 156. The third-order valence-corrected chi connectivity index (χ3v) is 0.850. The van der Waals surface area contributed by atoms with Crippen molar-refractivity contribution in [2.75, 3.05) is 0 Å². The van der Waals surface area contributed by atoms with Crippen LogP contribution in [0.25, 0.3) is 0 Å². The van der Waals surface area contributed by atoms with Crippen LogP contribution in [0.3, 0.4) is 0 Å². The second-order valence-electron chi connectivity index (χ2n) is 1.52. The molecule has 0 spiro atoms. The number of benzene rings is 1. The molecule has 0 saturated heterocycles. The van der Waals surface area contributed by atoms with E-state index in [0.29, 0.717) is 0 Å². The van der Waals surface area contributed by atoms with Gasteiger partial charge >= 0.3 is 0 Å². The highest BCUT2D eigenvalue weighted by Gasteiger charge is 1.84. The highest BCUT2D eigenvalue weighted by Crippen LogP contribution is 2.13. The summed E-state index contributed by atoms with van der Waals surface area (Å²) in [6.45, 7) is 0. The van der Waals surface area contributed by atoms with Gasteiger partial charge in [0.05, 0.1) is 0 Å². The molecule has 1 aromatic rings. The molecule has 0 unspecified atom stereocenters. The zero-order valence-corrected chi connectivity index (χ0v) is 7.03. The summed E-state index contributed by atoms with van der Waals surface area (Å²) in [7, 11) is 0. The molecule has 0 aromatic heterocycles. The van der Waals surface area contributed by atoms with Gasteiger partial charge in [-0.1, -0.05) is 0 Å². The maximum absolute atomic E-state index is 8.65. The lowest BCUT2D eigenvalue weighted by Crippen LogP contribution is -1.61. The Morgan fingerprint density at radius 2 is 0.750 bits per heavy atom. The van der Waals surface area contributed by atoms with E-state index in [-0.39, 0.29) is 36.1 Å². The molecule has 1 rings (SSSR count). The van der Waals surface area contributed by atoms with Crippen molar-refractivity contribution in [3.63, 3.8) is 0 Å². The second-order valence-corrected chi connectivity index (χ2v) is 1.52. The number of rotatable bonds is 0. The van der Waals surface area contributed by atoms with Gasteiger partial charge in [-0.2, -0.15) is 0 Å². The number of aromatic hydroxyl groups is 2. The normalized spacial score (nSPS) is 6.00. The van der Waals surface area contributed by atoms with Crippen LogP contribution in [0.1, 0.15) is 0 Å². The van der Waals surface area contributed by atoms with Crippen LogP contribution in [0.2, 0.25) is 0 Å². The van der Waals surface area contributed by atoms with Gasteiger partial charge < -0.3 is 34.8 Å². The second kappa shape index (κ2) is 9.66. The van der Waals surface area contributed by atoms with Gasteiger partial charge in [-0.05, 0) is 24.3 Å². The molecule has 0 bridgehead atoms. The average molecular weight is 178 g/mol. The summed E-state index contributed by atoms with van der Waals surface area (Å²) in [6, 6.07) is 5.70. The molecule has 0 aliphatic rings. The van der Waals surface area contributed by atoms with Gasteiger partial charge in [0.2, 0.25) is 0 Å². The molecular weight excluding hydrogens is 160 g/mol. The molecular formula is C6H18N4O2. The molecule has 0 amide bonds. The van der Waals surface area contributed by atoms with E-state index in [9.17, 15) is 0 Å². The molecule has 74 valence electrons. The van der Waals surface area contributed by atoms with Crippen LogP contribution in [0.4, 0.5) is 0 Å². The van der Waals surface area contributed by atoms with E-state index in [0.717, 1.165) is 0 Å². The number of phenolic OH excluding ortho intramolecular Hbond substituents is 2. The highest BCUT2D eigenvalue weighted by atomic mass is 16.3. The summed E-state index contributed by atoms with van der Waals surface area (Å²) < 4.78 is 0. The molecule has 0 fully saturated rings. The predicted molar refractivity (Wildman–Crippen MR) is 49.9 cm³/mol. The van der Waals surface area contributed by atoms with Gasteiger partial charge in [0.15, 0.2) is 0 Å². The minimum atomic E-state index is 0. The first-order chi connectivity index (χ1) is 3.79. The Morgan fingerprint density at radius 3 is 0.917 bits per heavy atom. The first kappa shape index (κ1) is 22.4. The smallest absolute Gasteiger partial charge is 0.115 e. The Labute approximate surface area is 71.6 Å². The van der Waals surface area contributed by atoms with Gasteiger partial charge in [-0.25, -0.2) is 0 Å². The fraction of sp³-hybridized carbons (Fsp3) is 0. The topological polar surface area (TPSA) is 180 Å². The van der Waals surface area contributed by atoms with Crippen LogP contribution in [-0.2, 0) is 0 Å². The summed E-state index contributed by atoms with van der Waals surface area (Å²) in [6.07, 6.45) is 0. The third kappa shape index (κ3) is 6.78. The molecule has 0 heterocycles. The van der Waals surface area contributed by atoms with Crippen LogP contribution in [-0.4, -0.2) is 10.2 Å². The molecule has 0 aliphatic heterocycles. The number of phenols is 2. The monoisotopic (exact) mass is 178 g/mol. The highest BCUT2D eigenvalue weighted by molar-refractivity contribution is 5.28. The fourth-order valence-corrected chi connectivity index (χ4v) is 0.453. The van der Waals surface area contributed by atoms with E-state index in [1.807, 2.05) is 0 Å². The first-order valence-corrected chi connectivity index (χ1v) is 2.27. The fourth-order valence-electron chi connectivity index (χ4n) is 0.453. The zero-order chi connectivity index (χ0) is 5.98. The maximum atomic E-state index is 8.65. The maximum Gasteiger partial charge on any atom is 0.115 e. The third-order valence-electron chi connectivity index (χ3n) is 0.850. The van der Waals surface area contributed by atoms with Crippen molar-refractivity contribution in [3.05, 3.63) is 24.3 Å². The minimum Gasteiger partial charge on any atom is -0.508 e. The van der Waals surface area contributed by atoms with Gasteiger partial charge in [0.1, 0.15) is 11.5 Å². The summed E-state index contributed by atoms with van der Waals surface area (Å²) >= 11 is 0. The largest absolute Gasteiger partial charge is 0.508 e.